The second-order valence-corrected chi connectivity index (χ2v) is 9.84. The third-order valence-corrected chi connectivity index (χ3v) is 7.86. The van der Waals surface area contributed by atoms with Crippen LogP contribution in [0.25, 0.3) is 28.6 Å². The number of hydrogen-bond acceptors (Lipinski definition) is 5. The highest BCUT2D eigenvalue weighted by molar-refractivity contribution is 5.91. The topological polar surface area (TPSA) is 76.6 Å². The van der Waals surface area contributed by atoms with Crippen molar-refractivity contribution in [3.8, 4) is 22.5 Å². The Morgan fingerprint density at radius 3 is 2.73 bits per heavy atom. The predicted octanol–water partition coefficient (Wildman–Crippen LogP) is 5.23. The lowest BCUT2D eigenvalue weighted by atomic mass is 9.76. The fourth-order valence-corrected chi connectivity index (χ4v) is 6.37. The van der Waals surface area contributed by atoms with Crippen LogP contribution in [0.15, 0.2) is 24.3 Å². The van der Waals surface area contributed by atoms with Crippen molar-refractivity contribution < 1.29 is 4.74 Å². The lowest BCUT2D eigenvalue weighted by Crippen LogP contribution is -2.31. The number of rotatable bonds is 5. The zero-order valence-corrected chi connectivity index (χ0v) is 19.4. The molecule has 1 N–H and O–H groups in total. The van der Waals surface area contributed by atoms with E-state index in [1.54, 1.807) is 0 Å². The van der Waals surface area contributed by atoms with Gasteiger partial charge in [-0.15, -0.1) is 10.2 Å². The van der Waals surface area contributed by atoms with Crippen molar-refractivity contribution in [2.75, 3.05) is 13.7 Å². The molecule has 0 unspecified atom stereocenters. The molecule has 1 saturated carbocycles. The van der Waals surface area contributed by atoms with E-state index in [9.17, 15) is 0 Å². The second-order valence-electron chi connectivity index (χ2n) is 9.84. The SMILES string of the molecule is COCC1(c2nc3c(c(-c4cccc5c4C=CC5)c2-c2nn[nH]n2)CCCCC3)CCCC1. The van der Waals surface area contributed by atoms with Crippen molar-refractivity contribution in [1.82, 2.24) is 25.6 Å². The summed E-state index contributed by atoms with van der Waals surface area (Å²) < 4.78 is 5.83. The zero-order valence-electron chi connectivity index (χ0n) is 19.4. The third-order valence-electron chi connectivity index (χ3n) is 7.86. The van der Waals surface area contributed by atoms with Crippen molar-refractivity contribution in [2.24, 2.45) is 0 Å². The summed E-state index contributed by atoms with van der Waals surface area (Å²) in [6, 6.07) is 6.72. The minimum atomic E-state index is -0.103. The number of fused-ring (bicyclic) bond motifs is 2. The van der Waals surface area contributed by atoms with Gasteiger partial charge in [-0.2, -0.15) is 5.21 Å². The number of aryl methyl sites for hydroxylation is 1. The highest BCUT2D eigenvalue weighted by Gasteiger charge is 2.42. The van der Waals surface area contributed by atoms with Crippen molar-refractivity contribution in [3.05, 3.63) is 52.4 Å². The van der Waals surface area contributed by atoms with Gasteiger partial charge >= 0.3 is 0 Å². The Balaban J connectivity index is 1.72. The molecule has 0 saturated heterocycles. The van der Waals surface area contributed by atoms with Gasteiger partial charge in [-0.25, -0.2) is 0 Å². The Labute approximate surface area is 194 Å². The Kier molecular flexibility index (Phi) is 5.33. The minimum absolute atomic E-state index is 0.103. The van der Waals surface area contributed by atoms with Gasteiger partial charge in [-0.3, -0.25) is 4.98 Å². The molecular formula is C27H31N5O. The maximum atomic E-state index is 5.83. The first kappa shape index (κ1) is 20.7. The largest absolute Gasteiger partial charge is 0.384 e. The van der Waals surface area contributed by atoms with E-state index in [-0.39, 0.29) is 5.41 Å². The standard InChI is InChI=1S/C27H31N5O/c1-33-17-27(15-5-6-16-27)25-24(26-29-31-32-30-26)23(21-11-3-2-4-14-22(21)28-25)20-13-8-10-18-9-7-12-19(18)20/h7-8,10,12-13H,2-6,9,11,14-17H2,1H3,(H,29,30,31,32). The molecule has 0 bridgehead atoms. The molecule has 3 aliphatic carbocycles. The number of tetrazole rings is 1. The first-order chi connectivity index (χ1) is 16.3. The average Bonchev–Trinajstić information content (AvgIpc) is 3.59. The molecule has 1 fully saturated rings. The van der Waals surface area contributed by atoms with Crippen LogP contribution in [0.2, 0.25) is 0 Å². The van der Waals surface area contributed by atoms with Gasteiger partial charge in [0.2, 0.25) is 5.82 Å². The summed E-state index contributed by atoms with van der Waals surface area (Å²) in [5.41, 5.74) is 10.0. The molecule has 0 radical (unpaired) electrons. The van der Waals surface area contributed by atoms with Crippen LogP contribution in [0.4, 0.5) is 0 Å². The highest BCUT2D eigenvalue weighted by Crippen LogP contribution is 2.49. The Hall–Kier alpha value is -2.86. The first-order valence-electron chi connectivity index (χ1n) is 12.4. The number of hydrogen-bond donors (Lipinski definition) is 1. The molecule has 6 nitrogen and oxygen atoms in total. The lowest BCUT2D eigenvalue weighted by Gasteiger charge is -2.32. The third kappa shape index (κ3) is 3.43. The molecule has 2 heterocycles. The summed E-state index contributed by atoms with van der Waals surface area (Å²) in [5.74, 6) is 0.654. The van der Waals surface area contributed by atoms with Crippen LogP contribution in [0.3, 0.4) is 0 Å². The summed E-state index contributed by atoms with van der Waals surface area (Å²) >= 11 is 0. The second kappa shape index (κ2) is 8.49. The molecule has 0 atom stereocenters. The number of aromatic nitrogens is 5. The molecule has 3 aromatic rings. The Morgan fingerprint density at radius 1 is 1.03 bits per heavy atom. The van der Waals surface area contributed by atoms with Gasteiger partial charge in [-0.1, -0.05) is 49.6 Å². The summed E-state index contributed by atoms with van der Waals surface area (Å²) in [6.45, 7) is 0.676. The van der Waals surface area contributed by atoms with E-state index in [0.717, 1.165) is 43.4 Å². The lowest BCUT2D eigenvalue weighted by molar-refractivity contribution is 0.129. The molecular weight excluding hydrogens is 410 g/mol. The Morgan fingerprint density at radius 2 is 1.91 bits per heavy atom. The quantitative estimate of drug-likeness (QED) is 0.549. The van der Waals surface area contributed by atoms with Gasteiger partial charge in [0.1, 0.15) is 0 Å². The first-order valence-corrected chi connectivity index (χ1v) is 12.4. The van der Waals surface area contributed by atoms with Gasteiger partial charge in [0.15, 0.2) is 0 Å². The van der Waals surface area contributed by atoms with Crippen LogP contribution in [-0.4, -0.2) is 39.3 Å². The predicted molar refractivity (Wildman–Crippen MR) is 129 cm³/mol. The van der Waals surface area contributed by atoms with Crippen LogP contribution >= 0.6 is 0 Å². The average molecular weight is 442 g/mol. The molecule has 33 heavy (non-hydrogen) atoms. The van der Waals surface area contributed by atoms with E-state index in [4.69, 9.17) is 9.72 Å². The number of nitrogens with one attached hydrogen (secondary N) is 1. The molecule has 1 aromatic carbocycles. The summed E-state index contributed by atoms with van der Waals surface area (Å²) in [6.07, 6.45) is 15.9. The minimum Gasteiger partial charge on any atom is -0.384 e. The maximum absolute atomic E-state index is 5.83. The van der Waals surface area contributed by atoms with Gasteiger partial charge in [0.05, 0.1) is 17.9 Å². The number of allylic oxidation sites excluding steroid dienone is 1. The fourth-order valence-electron chi connectivity index (χ4n) is 6.37. The normalized spacial score (nSPS) is 18.8. The van der Waals surface area contributed by atoms with Crippen LogP contribution in [0.5, 0.6) is 0 Å². The van der Waals surface area contributed by atoms with E-state index >= 15 is 0 Å². The summed E-state index contributed by atoms with van der Waals surface area (Å²) in [4.78, 5) is 5.46. The van der Waals surface area contributed by atoms with Crippen molar-refractivity contribution in [3.63, 3.8) is 0 Å². The van der Waals surface area contributed by atoms with E-state index in [1.165, 1.54) is 65.6 Å². The zero-order chi connectivity index (χ0) is 22.3. The van der Waals surface area contributed by atoms with Gasteiger partial charge < -0.3 is 4.74 Å². The Bertz CT molecular complexity index is 1190. The van der Waals surface area contributed by atoms with E-state index in [2.05, 4.69) is 51.0 Å². The molecule has 170 valence electrons. The van der Waals surface area contributed by atoms with Crippen LogP contribution < -0.4 is 0 Å². The molecule has 6 rings (SSSR count). The number of H-pyrrole nitrogens is 1. The van der Waals surface area contributed by atoms with E-state index in [1.807, 2.05) is 7.11 Å². The van der Waals surface area contributed by atoms with Crippen LogP contribution in [0.1, 0.15) is 73.0 Å². The van der Waals surface area contributed by atoms with Crippen molar-refractivity contribution in [2.45, 2.75) is 69.6 Å². The number of ether oxygens (including phenoxy) is 1. The number of aromatic amines is 1. The van der Waals surface area contributed by atoms with E-state index in [0.29, 0.717) is 12.4 Å². The van der Waals surface area contributed by atoms with Crippen molar-refractivity contribution >= 4 is 6.08 Å². The van der Waals surface area contributed by atoms with Crippen molar-refractivity contribution in [1.29, 1.82) is 0 Å². The highest BCUT2D eigenvalue weighted by atomic mass is 16.5. The molecule has 0 spiro atoms. The summed E-state index contributed by atoms with van der Waals surface area (Å²) in [5, 5.41) is 15.7. The van der Waals surface area contributed by atoms with Gasteiger partial charge in [0.25, 0.3) is 0 Å². The molecule has 0 aliphatic heterocycles. The van der Waals surface area contributed by atoms with Gasteiger partial charge in [0, 0.05) is 23.8 Å². The van der Waals surface area contributed by atoms with Crippen LogP contribution in [0, 0.1) is 0 Å². The number of pyridine rings is 1. The maximum Gasteiger partial charge on any atom is 0.207 e. The van der Waals surface area contributed by atoms with Gasteiger partial charge in [-0.05, 0) is 72.4 Å². The molecule has 0 amide bonds. The number of methoxy groups -OCH3 is 1. The fraction of sp³-hybridized carbons (Fsp3) is 0.481. The molecule has 6 heteroatoms. The number of nitrogens with zero attached hydrogens (tertiary/aromatic N) is 4. The molecule has 2 aromatic heterocycles. The van der Waals surface area contributed by atoms with E-state index < -0.39 is 0 Å². The number of benzene rings is 1. The monoisotopic (exact) mass is 441 g/mol. The smallest absolute Gasteiger partial charge is 0.207 e. The molecule has 3 aliphatic rings. The van der Waals surface area contributed by atoms with Crippen LogP contribution in [-0.2, 0) is 29.4 Å². The summed E-state index contributed by atoms with van der Waals surface area (Å²) in [7, 11) is 1.81.